The first-order valence-electron chi connectivity index (χ1n) is 7.38. The fourth-order valence-electron chi connectivity index (χ4n) is 2.28. The largest absolute Gasteiger partial charge is 0.378 e. The first-order valence-corrected chi connectivity index (χ1v) is 7.38. The highest BCUT2D eigenvalue weighted by Gasteiger charge is 2.13. The number of piperidine rings is 1. The van der Waals surface area contributed by atoms with Crippen molar-refractivity contribution >= 4 is 5.91 Å². The van der Waals surface area contributed by atoms with Crippen molar-refractivity contribution in [2.75, 3.05) is 19.7 Å². The van der Waals surface area contributed by atoms with Gasteiger partial charge in [-0.05, 0) is 38.4 Å². The zero-order valence-electron chi connectivity index (χ0n) is 12.2. The van der Waals surface area contributed by atoms with Crippen molar-refractivity contribution in [2.45, 2.75) is 38.8 Å². The maximum absolute atomic E-state index is 11.7. The van der Waals surface area contributed by atoms with Crippen LogP contribution in [0.5, 0.6) is 0 Å². The van der Waals surface area contributed by atoms with Crippen molar-refractivity contribution in [3.05, 3.63) is 35.4 Å². The lowest BCUT2D eigenvalue weighted by Gasteiger charge is -2.22. The lowest BCUT2D eigenvalue weighted by molar-refractivity contribution is -0.122. The maximum Gasteiger partial charge on any atom is 0.222 e. The molecule has 1 aromatic rings. The molecule has 0 aliphatic carbocycles. The van der Waals surface area contributed by atoms with E-state index in [1.54, 1.807) is 0 Å². The van der Waals surface area contributed by atoms with E-state index >= 15 is 0 Å². The molecule has 1 fully saturated rings. The van der Waals surface area contributed by atoms with E-state index in [2.05, 4.69) is 29.7 Å². The lowest BCUT2D eigenvalue weighted by Crippen LogP contribution is -2.33. The maximum atomic E-state index is 11.7. The second kappa shape index (κ2) is 8.02. The van der Waals surface area contributed by atoms with Crippen LogP contribution in [-0.2, 0) is 16.1 Å². The van der Waals surface area contributed by atoms with Crippen LogP contribution in [0.2, 0.25) is 0 Å². The van der Waals surface area contributed by atoms with Gasteiger partial charge in [0.1, 0.15) is 0 Å². The van der Waals surface area contributed by atoms with Crippen LogP contribution in [0, 0.1) is 6.92 Å². The minimum atomic E-state index is 0.0551. The Bertz CT molecular complexity index is 411. The Balaban J connectivity index is 1.59. The molecule has 2 rings (SSSR count). The quantitative estimate of drug-likeness (QED) is 0.832. The average Bonchev–Trinajstić information content (AvgIpc) is 2.48. The summed E-state index contributed by atoms with van der Waals surface area (Å²) in [5.74, 6) is 0.0551. The van der Waals surface area contributed by atoms with Crippen LogP contribution in [0.1, 0.15) is 30.4 Å². The summed E-state index contributed by atoms with van der Waals surface area (Å²) in [5, 5.41) is 6.22. The van der Waals surface area contributed by atoms with Crippen molar-refractivity contribution in [3.63, 3.8) is 0 Å². The summed E-state index contributed by atoms with van der Waals surface area (Å²) >= 11 is 0. The van der Waals surface area contributed by atoms with Gasteiger partial charge >= 0.3 is 0 Å². The Labute approximate surface area is 120 Å². The summed E-state index contributed by atoms with van der Waals surface area (Å²) < 4.78 is 5.72. The normalized spacial score (nSPS) is 16.1. The summed E-state index contributed by atoms with van der Waals surface area (Å²) in [5.41, 5.74) is 2.36. The molecule has 0 bridgehead atoms. The summed E-state index contributed by atoms with van der Waals surface area (Å²) in [4.78, 5) is 11.7. The molecule has 1 amide bonds. The van der Waals surface area contributed by atoms with Gasteiger partial charge in [-0.2, -0.15) is 0 Å². The smallest absolute Gasteiger partial charge is 0.222 e. The molecule has 0 aromatic heterocycles. The van der Waals surface area contributed by atoms with Crippen LogP contribution >= 0.6 is 0 Å². The molecule has 1 aliphatic heterocycles. The molecule has 0 saturated carbocycles. The number of hydrogen-bond acceptors (Lipinski definition) is 3. The number of benzene rings is 1. The van der Waals surface area contributed by atoms with Crippen LogP contribution in [0.25, 0.3) is 0 Å². The fourth-order valence-corrected chi connectivity index (χ4v) is 2.28. The van der Waals surface area contributed by atoms with Gasteiger partial charge in [-0.1, -0.05) is 29.8 Å². The highest BCUT2D eigenvalue weighted by Crippen LogP contribution is 2.07. The van der Waals surface area contributed by atoms with E-state index in [0.29, 0.717) is 25.7 Å². The molecule has 1 saturated heterocycles. The molecule has 0 unspecified atom stereocenters. The van der Waals surface area contributed by atoms with Gasteiger partial charge in [0.05, 0.1) is 12.7 Å². The van der Waals surface area contributed by atoms with E-state index in [1.165, 1.54) is 5.56 Å². The predicted molar refractivity (Wildman–Crippen MR) is 79.5 cm³/mol. The number of nitrogens with one attached hydrogen (secondary N) is 2. The summed E-state index contributed by atoms with van der Waals surface area (Å²) in [6.07, 6.45) is 2.85. The SMILES string of the molecule is Cc1ccc(CNC(=O)CCOC2CCNCC2)cc1. The van der Waals surface area contributed by atoms with Gasteiger partial charge in [0.15, 0.2) is 0 Å². The van der Waals surface area contributed by atoms with Gasteiger partial charge in [0.2, 0.25) is 5.91 Å². The van der Waals surface area contributed by atoms with Crippen molar-refractivity contribution in [3.8, 4) is 0 Å². The number of ether oxygens (including phenoxy) is 1. The van der Waals surface area contributed by atoms with Gasteiger partial charge in [0.25, 0.3) is 0 Å². The topological polar surface area (TPSA) is 50.4 Å². The Morgan fingerprint density at radius 3 is 2.70 bits per heavy atom. The first kappa shape index (κ1) is 15.0. The monoisotopic (exact) mass is 276 g/mol. The van der Waals surface area contributed by atoms with E-state index in [-0.39, 0.29) is 5.91 Å². The number of aryl methyl sites for hydroxylation is 1. The zero-order chi connectivity index (χ0) is 14.2. The number of hydrogen-bond donors (Lipinski definition) is 2. The molecule has 4 nitrogen and oxygen atoms in total. The third-order valence-electron chi connectivity index (χ3n) is 3.58. The minimum Gasteiger partial charge on any atom is -0.378 e. The first-order chi connectivity index (χ1) is 9.74. The molecule has 20 heavy (non-hydrogen) atoms. The second-order valence-corrected chi connectivity index (χ2v) is 5.33. The van der Waals surface area contributed by atoms with Crippen LogP contribution in [0.15, 0.2) is 24.3 Å². The van der Waals surface area contributed by atoms with Gasteiger partial charge in [-0.15, -0.1) is 0 Å². The average molecular weight is 276 g/mol. The van der Waals surface area contributed by atoms with E-state index in [9.17, 15) is 4.79 Å². The van der Waals surface area contributed by atoms with Gasteiger partial charge < -0.3 is 15.4 Å². The van der Waals surface area contributed by atoms with Gasteiger partial charge in [-0.25, -0.2) is 0 Å². The summed E-state index contributed by atoms with van der Waals surface area (Å²) in [6.45, 7) is 5.20. The zero-order valence-corrected chi connectivity index (χ0v) is 12.2. The molecule has 4 heteroatoms. The molecule has 1 aromatic carbocycles. The summed E-state index contributed by atoms with van der Waals surface area (Å²) in [7, 11) is 0. The Morgan fingerprint density at radius 2 is 2.00 bits per heavy atom. The standard InChI is InChI=1S/C16H24N2O2/c1-13-2-4-14(5-3-13)12-18-16(19)8-11-20-15-6-9-17-10-7-15/h2-5,15,17H,6-12H2,1H3,(H,18,19). The fraction of sp³-hybridized carbons (Fsp3) is 0.562. The molecule has 0 spiro atoms. The lowest BCUT2D eigenvalue weighted by atomic mass is 10.1. The Morgan fingerprint density at radius 1 is 1.30 bits per heavy atom. The minimum absolute atomic E-state index is 0.0551. The highest BCUT2D eigenvalue weighted by atomic mass is 16.5. The third kappa shape index (κ3) is 5.31. The number of carbonyl (C=O) groups excluding carboxylic acids is 1. The predicted octanol–water partition coefficient (Wildman–Crippen LogP) is 1.77. The highest BCUT2D eigenvalue weighted by molar-refractivity contribution is 5.75. The Kier molecular flexibility index (Phi) is 6.02. The van der Waals surface area contributed by atoms with Crippen molar-refractivity contribution in [1.29, 1.82) is 0 Å². The molecule has 110 valence electrons. The van der Waals surface area contributed by atoms with Crippen molar-refractivity contribution < 1.29 is 9.53 Å². The third-order valence-corrected chi connectivity index (χ3v) is 3.58. The molecular weight excluding hydrogens is 252 g/mol. The number of carbonyl (C=O) groups is 1. The Hall–Kier alpha value is -1.39. The van der Waals surface area contributed by atoms with Crippen LogP contribution in [0.4, 0.5) is 0 Å². The molecular formula is C16H24N2O2. The van der Waals surface area contributed by atoms with Crippen LogP contribution < -0.4 is 10.6 Å². The van der Waals surface area contributed by atoms with E-state index in [4.69, 9.17) is 4.74 Å². The summed E-state index contributed by atoms with van der Waals surface area (Å²) in [6, 6.07) is 8.20. The second-order valence-electron chi connectivity index (χ2n) is 5.33. The van der Waals surface area contributed by atoms with E-state index in [0.717, 1.165) is 31.5 Å². The molecule has 1 aliphatic rings. The van der Waals surface area contributed by atoms with Crippen molar-refractivity contribution in [1.82, 2.24) is 10.6 Å². The molecule has 0 atom stereocenters. The van der Waals surface area contributed by atoms with Crippen LogP contribution in [-0.4, -0.2) is 31.7 Å². The van der Waals surface area contributed by atoms with Gasteiger partial charge in [-0.3, -0.25) is 4.79 Å². The van der Waals surface area contributed by atoms with Crippen molar-refractivity contribution in [2.24, 2.45) is 0 Å². The molecule has 1 heterocycles. The number of rotatable bonds is 6. The van der Waals surface area contributed by atoms with E-state index in [1.807, 2.05) is 12.1 Å². The van der Waals surface area contributed by atoms with Crippen LogP contribution in [0.3, 0.4) is 0 Å². The van der Waals surface area contributed by atoms with E-state index < -0.39 is 0 Å². The molecule has 2 N–H and O–H groups in total. The molecule has 0 radical (unpaired) electrons. The van der Waals surface area contributed by atoms with Gasteiger partial charge in [0, 0.05) is 13.0 Å². The number of amides is 1.